The lowest BCUT2D eigenvalue weighted by molar-refractivity contribution is -0.137. The second-order valence-corrected chi connectivity index (χ2v) is 7.50. The van der Waals surface area contributed by atoms with Crippen LogP contribution in [-0.2, 0) is 6.18 Å². The maximum Gasteiger partial charge on any atom is 0.416 e. The van der Waals surface area contributed by atoms with Gasteiger partial charge in [0, 0.05) is 38.8 Å². The van der Waals surface area contributed by atoms with E-state index in [-0.39, 0.29) is 18.9 Å². The van der Waals surface area contributed by atoms with Crippen molar-refractivity contribution in [3.63, 3.8) is 0 Å². The standard InChI is InChI=1S/C21H29F3N4O2/c1-2-25-20(28-12-9-17(14-28)27-10-3-4-11-27)26-13-18(29)15-30-19-7-5-16(6-8-19)21(22,23)24/h3-8,17-18,29H,2,9-15H2,1H3,(H,25,26). The minimum Gasteiger partial charge on any atom is -0.491 e. The summed E-state index contributed by atoms with van der Waals surface area (Å²) in [6.07, 6.45) is 0.215. The molecule has 166 valence electrons. The van der Waals surface area contributed by atoms with Crippen LogP contribution in [0.25, 0.3) is 0 Å². The molecule has 2 unspecified atom stereocenters. The Bertz CT molecular complexity index is 729. The molecule has 2 atom stereocenters. The zero-order valence-corrected chi connectivity index (χ0v) is 17.1. The third kappa shape index (κ3) is 6.12. The Morgan fingerprint density at radius 2 is 1.97 bits per heavy atom. The number of likely N-dealkylation sites (tertiary alicyclic amines) is 1. The van der Waals surface area contributed by atoms with E-state index in [0.29, 0.717) is 6.04 Å². The second kappa shape index (κ2) is 10.2. The fraction of sp³-hybridized carbons (Fsp3) is 0.571. The molecule has 1 aromatic carbocycles. The molecule has 0 aliphatic carbocycles. The third-order valence-electron chi connectivity index (χ3n) is 5.24. The van der Waals surface area contributed by atoms with Crippen LogP contribution in [0, 0.1) is 0 Å². The maximum atomic E-state index is 12.6. The predicted molar refractivity (Wildman–Crippen MR) is 110 cm³/mol. The molecule has 9 heteroatoms. The number of halogens is 3. The average Bonchev–Trinajstić information content (AvgIpc) is 3.41. The number of nitrogens with zero attached hydrogens (tertiary/aromatic N) is 3. The van der Waals surface area contributed by atoms with Gasteiger partial charge in [0.1, 0.15) is 18.5 Å². The van der Waals surface area contributed by atoms with Gasteiger partial charge in [-0.05, 0) is 37.6 Å². The number of guanidine groups is 1. The molecule has 6 nitrogen and oxygen atoms in total. The molecule has 1 fully saturated rings. The first-order chi connectivity index (χ1) is 14.4. The van der Waals surface area contributed by atoms with Gasteiger partial charge in [-0.3, -0.25) is 9.89 Å². The van der Waals surface area contributed by atoms with Gasteiger partial charge in [-0.25, -0.2) is 0 Å². The Morgan fingerprint density at radius 3 is 2.60 bits per heavy atom. The van der Waals surface area contributed by atoms with E-state index >= 15 is 0 Å². The van der Waals surface area contributed by atoms with E-state index in [4.69, 9.17) is 4.74 Å². The predicted octanol–water partition coefficient (Wildman–Crippen LogP) is 2.36. The summed E-state index contributed by atoms with van der Waals surface area (Å²) in [5, 5.41) is 13.5. The van der Waals surface area contributed by atoms with Gasteiger partial charge < -0.3 is 20.1 Å². The first-order valence-electron chi connectivity index (χ1n) is 10.3. The summed E-state index contributed by atoms with van der Waals surface area (Å²) in [5.41, 5.74) is -0.732. The number of ether oxygens (including phenoxy) is 1. The molecule has 0 aromatic heterocycles. The van der Waals surface area contributed by atoms with Crippen LogP contribution < -0.4 is 10.1 Å². The van der Waals surface area contributed by atoms with Gasteiger partial charge in [0.25, 0.3) is 0 Å². The number of aliphatic hydroxyl groups excluding tert-OH is 1. The summed E-state index contributed by atoms with van der Waals surface area (Å²) in [6, 6.07) is 4.92. The minimum atomic E-state index is -4.38. The van der Waals surface area contributed by atoms with Gasteiger partial charge in [0.2, 0.25) is 0 Å². The normalized spacial score (nSPS) is 21.3. The Morgan fingerprint density at radius 1 is 1.27 bits per heavy atom. The summed E-state index contributed by atoms with van der Waals surface area (Å²) in [6.45, 7) is 6.61. The lowest BCUT2D eigenvalue weighted by Crippen LogP contribution is -2.43. The molecule has 2 aliphatic rings. The van der Waals surface area contributed by atoms with E-state index in [1.807, 2.05) is 6.92 Å². The fourth-order valence-electron chi connectivity index (χ4n) is 3.63. The topological polar surface area (TPSA) is 60.3 Å². The Labute approximate surface area is 175 Å². The number of hydrogen-bond donors (Lipinski definition) is 2. The highest BCUT2D eigenvalue weighted by atomic mass is 19.4. The zero-order valence-electron chi connectivity index (χ0n) is 17.1. The molecule has 0 radical (unpaired) electrons. The van der Waals surface area contributed by atoms with Gasteiger partial charge in [-0.15, -0.1) is 0 Å². The second-order valence-electron chi connectivity index (χ2n) is 7.50. The van der Waals surface area contributed by atoms with Crippen LogP contribution in [0.5, 0.6) is 5.75 Å². The first-order valence-corrected chi connectivity index (χ1v) is 10.3. The number of rotatable bonds is 7. The number of aliphatic imine (C=N–C) groups is 1. The number of benzene rings is 1. The molecular weight excluding hydrogens is 397 g/mol. The first kappa shape index (κ1) is 22.4. The average molecular weight is 426 g/mol. The molecule has 1 saturated heterocycles. The molecule has 30 heavy (non-hydrogen) atoms. The summed E-state index contributed by atoms with van der Waals surface area (Å²) in [4.78, 5) is 9.18. The van der Waals surface area contributed by atoms with Crippen LogP contribution >= 0.6 is 0 Å². The SMILES string of the molecule is CCNC(=NCC(O)COc1ccc(C(F)(F)F)cc1)N1CCC(N2CC=CC2)C1. The monoisotopic (exact) mass is 426 g/mol. The van der Waals surface area contributed by atoms with Crippen molar-refractivity contribution >= 4 is 5.96 Å². The van der Waals surface area contributed by atoms with E-state index in [2.05, 4.69) is 32.3 Å². The van der Waals surface area contributed by atoms with E-state index in [0.717, 1.165) is 57.2 Å². The lowest BCUT2D eigenvalue weighted by atomic mass is 10.2. The molecule has 2 heterocycles. The van der Waals surface area contributed by atoms with Crippen molar-refractivity contribution in [2.75, 3.05) is 45.9 Å². The van der Waals surface area contributed by atoms with Crippen molar-refractivity contribution in [2.24, 2.45) is 4.99 Å². The molecule has 2 aliphatic heterocycles. The zero-order chi connectivity index (χ0) is 21.6. The number of aliphatic hydroxyl groups is 1. The summed E-state index contributed by atoms with van der Waals surface area (Å²) < 4.78 is 43.2. The number of nitrogens with one attached hydrogen (secondary N) is 1. The molecule has 0 saturated carbocycles. The van der Waals surface area contributed by atoms with Gasteiger partial charge in [0.15, 0.2) is 5.96 Å². The summed E-state index contributed by atoms with van der Waals surface area (Å²) in [5.74, 6) is 1.04. The van der Waals surface area contributed by atoms with E-state index < -0.39 is 17.8 Å². The molecule has 3 rings (SSSR count). The van der Waals surface area contributed by atoms with Crippen molar-refractivity contribution in [1.82, 2.24) is 15.1 Å². The van der Waals surface area contributed by atoms with Crippen LogP contribution in [0.4, 0.5) is 13.2 Å². The van der Waals surface area contributed by atoms with Crippen LogP contribution in [0.2, 0.25) is 0 Å². The molecule has 2 N–H and O–H groups in total. The quantitative estimate of drug-likeness (QED) is 0.398. The van der Waals surface area contributed by atoms with Crippen LogP contribution in [0.15, 0.2) is 41.4 Å². The minimum absolute atomic E-state index is 0.0453. The molecule has 0 amide bonds. The van der Waals surface area contributed by atoms with E-state index in [9.17, 15) is 18.3 Å². The molecule has 0 spiro atoms. The smallest absolute Gasteiger partial charge is 0.416 e. The van der Waals surface area contributed by atoms with Crippen molar-refractivity contribution in [2.45, 2.75) is 31.7 Å². The Kier molecular flexibility index (Phi) is 7.60. The van der Waals surface area contributed by atoms with Crippen LogP contribution in [-0.4, -0.2) is 78.9 Å². The fourth-order valence-corrected chi connectivity index (χ4v) is 3.63. The molecule has 1 aromatic rings. The summed E-state index contributed by atoms with van der Waals surface area (Å²) >= 11 is 0. The largest absolute Gasteiger partial charge is 0.491 e. The Hall–Kier alpha value is -2.26. The highest BCUT2D eigenvalue weighted by Gasteiger charge is 2.30. The molecular formula is C21H29F3N4O2. The van der Waals surface area contributed by atoms with Crippen molar-refractivity contribution in [1.29, 1.82) is 0 Å². The molecule has 0 bridgehead atoms. The van der Waals surface area contributed by atoms with Gasteiger partial charge in [0.05, 0.1) is 12.1 Å². The number of alkyl halides is 3. The van der Waals surface area contributed by atoms with Crippen molar-refractivity contribution in [3.8, 4) is 5.75 Å². The maximum absolute atomic E-state index is 12.6. The summed E-state index contributed by atoms with van der Waals surface area (Å²) in [7, 11) is 0. The van der Waals surface area contributed by atoms with Crippen molar-refractivity contribution in [3.05, 3.63) is 42.0 Å². The number of hydrogen-bond acceptors (Lipinski definition) is 4. The van der Waals surface area contributed by atoms with Gasteiger partial charge >= 0.3 is 6.18 Å². The highest BCUT2D eigenvalue weighted by molar-refractivity contribution is 5.80. The highest BCUT2D eigenvalue weighted by Crippen LogP contribution is 2.30. The van der Waals surface area contributed by atoms with E-state index in [1.54, 1.807) is 0 Å². The van der Waals surface area contributed by atoms with E-state index in [1.165, 1.54) is 12.1 Å². The Balaban J connectivity index is 1.48. The van der Waals surface area contributed by atoms with Crippen LogP contribution in [0.3, 0.4) is 0 Å². The van der Waals surface area contributed by atoms with Gasteiger partial charge in [-0.1, -0.05) is 12.2 Å². The third-order valence-corrected chi connectivity index (χ3v) is 5.24. The van der Waals surface area contributed by atoms with Crippen LogP contribution in [0.1, 0.15) is 18.9 Å². The van der Waals surface area contributed by atoms with Crippen molar-refractivity contribution < 1.29 is 23.0 Å². The van der Waals surface area contributed by atoms with Gasteiger partial charge in [-0.2, -0.15) is 13.2 Å². The lowest BCUT2D eigenvalue weighted by Gasteiger charge is -2.25.